The minimum absolute atomic E-state index is 0.160. The number of thioether (sulfide) groups is 1. The molecule has 0 fully saturated rings. The summed E-state index contributed by atoms with van der Waals surface area (Å²) in [6, 6.07) is 9.72. The van der Waals surface area contributed by atoms with E-state index in [0.29, 0.717) is 21.9 Å². The third-order valence-corrected chi connectivity index (χ3v) is 3.76. The molecule has 0 unspecified atom stereocenters. The highest BCUT2D eigenvalue weighted by Crippen LogP contribution is 2.29. The second kappa shape index (κ2) is 6.05. The molecule has 2 heterocycles. The lowest BCUT2D eigenvalue weighted by Crippen LogP contribution is -2.03. The van der Waals surface area contributed by atoms with E-state index >= 15 is 0 Å². The van der Waals surface area contributed by atoms with Crippen molar-refractivity contribution in [2.24, 2.45) is 0 Å². The molecule has 98 valence electrons. The highest BCUT2D eigenvalue weighted by molar-refractivity contribution is 7.98. The van der Waals surface area contributed by atoms with Gasteiger partial charge in [-0.2, -0.15) is 10.5 Å². The maximum Gasteiger partial charge on any atom is 0.143 e. The molecular weight excluding hydrogens is 270 g/mol. The SMILES string of the molecule is Cc1c(C#N)c(N)nc(SCc2ccccn2)c1C#N. The maximum absolute atomic E-state index is 9.24. The summed E-state index contributed by atoms with van der Waals surface area (Å²) in [5.41, 5.74) is 7.89. The smallest absolute Gasteiger partial charge is 0.143 e. The van der Waals surface area contributed by atoms with E-state index in [1.165, 1.54) is 11.8 Å². The van der Waals surface area contributed by atoms with E-state index < -0.39 is 0 Å². The number of pyridine rings is 2. The first-order valence-corrected chi connectivity index (χ1v) is 6.79. The molecule has 6 heteroatoms. The summed E-state index contributed by atoms with van der Waals surface area (Å²) >= 11 is 1.39. The number of hydrogen-bond acceptors (Lipinski definition) is 6. The fourth-order valence-corrected chi connectivity index (χ4v) is 2.66. The van der Waals surface area contributed by atoms with Crippen molar-refractivity contribution in [3.8, 4) is 12.1 Å². The van der Waals surface area contributed by atoms with Gasteiger partial charge >= 0.3 is 0 Å². The lowest BCUT2D eigenvalue weighted by molar-refractivity contribution is 1.08. The highest BCUT2D eigenvalue weighted by atomic mass is 32.2. The van der Waals surface area contributed by atoms with Gasteiger partial charge in [-0.15, -0.1) is 0 Å². The Labute approximate surface area is 121 Å². The largest absolute Gasteiger partial charge is 0.383 e. The molecule has 0 amide bonds. The summed E-state index contributed by atoms with van der Waals surface area (Å²) in [5.74, 6) is 0.750. The summed E-state index contributed by atoms with van der Waals surface area (Å²) in [6.45, 7) is 1.71. The Hall–Kier alpha value is -2.57. The minimum Gasteiger partial charge on any atom is -0.383 e. The molecule has 20 heavy (non-hydrogen) atoms. The van der Waals surface area contributed by atoms with Crippen LogP contribution in [0.5, 0.6) is 0 Å². The Balaban J connectivity index is 2.34. The second-order valence-electron chi connectivity index (χ2n) is 4.01. The first kappa shape index (κ1) is 13.9. The van der Waals surface area contributed by atoms with Crippen LogP contribution in [0.1, 0.15) is 22.4 Å². The van der Waals surface area contributed by atoms with Crippen LogP contribution in [-0.4, -0.2) is 9.97 Å². The standard InChI is InChI=1S/C14H11N5S/c1-9-11(6-15)13(17)19-14(12(9)7-16)20-8-10-4-2-3-5-18-10/h2-5H,8H2,1H3,(H2,17,19). The zero-order chi connectivity index (χ0) is 14.5. The van der Waals surface area contributed by atoms with Crippen LogP contribution in [-0.2, 0) is 5.75 Å². The summed E-state index contributed by atoms with van der Waals surface area (Å²) in [5, 5.41) is 18.8. The van der Waals surface area contributed by atoms with Crippen LogP contribution in [0.4, 0.5) is 5.82 Å². The number of anilines is 1. The maximum atomic E-state index is 9.24. The van der Waals surface area contributed by atoms with Crippen molar-refractivity contribution in [2.45, 2.75) is 17.7 Å². The molecule has 0 aliphatic rings. The van der Waals surface area contributed by atoms with E-state index in [1.807, 2.05) is 24.3 Å². The Bertz CT molecular complexity index is 713. The van der Waals surface area contributed by atoms with Gasteiger partial charge in [0, 0.05) is 11.9 Å². The van der Waals surface area contributed by atoms with Crippen LogP contribution in [0, 0.1) is 29.6 Å². The third-order valence-electron chi connectivity index (χ3n) is 2.75. The highest BCUT2D eigenvalue weighted by Gasteiger charge is 2.15. The van der Waals surface area contributed by atoms with Crippen molar-refractivity contribution in [2.75, 3.05) is 5.73 Å². The van der Waals surface area contributed by atoms with Crippen LogP contribution in [0.2, 0.25) is 0 Å². The third kappa shape index (κ3) is 2.71. The predicted molar refractivity (Wildman–Crippen MR) is 76.6 cm³/mol. The van der Waals surface area contributed by atoms with Crippen LogP contribution >= 0.6 is 11.8 Å². The summed E-state index contributed by atoms with van der Waals surface area (Å²) in [7, 11) is 0. The van der Waals surface area contributed by atoms with Gasteiger partial charge < -0.3 is 5.73 Å². The Morgan fingerprint density at radius 1 is 1.25 bits per heavy atom. The van der Waals surface area contributed by atoms with E-state index in [0.717, 1.165) is 5.69 Å². The zero-order valence-electron chi connectivity index (χ0n) is 10.8. The van der Waals surface area contributed by atoms with Crippen molar-refractivity contribution in [1.29, 1.82) is 10.5 Å². The summed E-state index contributed by atoms with van der Waals surface area (Å²) < 4.78 is 0. The van der Waals surface area contributed by atoms with E-state index in [9.17, 15) is 5.26 Å². The van der Waals surface area contributed by atoms with Gasteiger partial charge in [0.15, 0.2) is 0 Å². The molecule has 5 nitrogen and oxygen atoms in total. The first-order chi connectivity index (χ1) is 9.67. The van der Waals surface area contributed by atoms with E-state index in [1.54, 1.807) is 13.1 Å². The van der Waals surface area contributed by atoms with Gasteiger partial charge in [-0.25, -0.2) is 4.98 Å². The van der Waals surface area contributed by atoms with Crippen molar-refractivity contribution in [3.63, 3.8) is 0 Å². The Kier molecular flexibility index (Phi) is 4.19. The Morgan fingerprint density at radius 3 is 2.60 bits per heavy atom. The van der Waals surface area contributed by atoms with Crippen molar-refractivity contribution in [3.05, 3.63) is 46.8 Å². The van der Waals surface area contributed by atoms with Gasteiger partial charge in [-0.1, -0.05) is 17.8 Å². The topological polar surface area (TPSA) is 99.4 Å². The van der Waals surface area contributed by atoms with Gasteiger partial charge in [0.2, 0.25) is 0 Å². The lowest BCUT2D eigenvalue weighted by Gasteiger charge is -2.09. The van der Waals surface area contributed by atoms with E-state index in [2.05, 4.69) is 16.0 Å². The number of nitrogens with two attached hydrogens (primary N) is 1. The molecule has 2 rings (SSSR count). The average Bonchev–Trinajstić information content (AvgIpc) is 2.46. The van der Waals surface area contributed by atoms with Crippen LogP contribution in [0.3, 0.4) is 0 Å². The zero-order valence-corrected chi connectivity index (χ0v) is 11.6. The molecule has 0 aliphatic carbocycles. The number of hydrogen-bond donors (Lipinski definition) is 1. The molecular formula is C14H11N5S. The molecule has 0 bridgehead atoms. The van der Waals surface area contributed by atoms with Crippen LogP contribution < -0.4 is 5.73 Å². The molecule has 0 aliphatic heterocycles. The fourth-order valence-electron chi connectivity index (χ4n) is 1.70. The van der Waals surface area contributed by atoms with Gasteiger partial charge in [-0.3, -0.25) is 4.98 Å². The van der Waals surface area contributed by atoms with Gasteiger partial charge in [0.1, 0.15) is 23.0 Å². The number of nitrogen functional groups attached to an aromatic ring is 1. The molecule has 2 aromatic heterocycles. The quantitative estimate of drug-likeness (QED) is 0.867. The normalized spacial score (nSPS) is 9.75. The fraction of sp³-hybridized carbons (Fsp3) is 0.143. The second-order valence-corrected chi connectivity index (χ2v) is 4.97. The first-order valence-electron chi connectivity index (χ1n) is 5.80. The molecule has 2 N–H and O–H groups in total. The molecule has 0 saturated carbocycles. The Morgan fingerprint density at radius 2 is 2.00 bits per heavy atom. The van der Waals surface area contributed by atoms with E-state index in [4.69, 9.17) is 11.0 Å². The van der Waals surface area contributed by atoms with Crippen molar-refractivity contribution in [1.82, 2.24) is 9.97 Å². The molecule has 0 saturated heterocycles. The van der Waals surface area contributed by atoms with Crippen molar-refractivity contribution >= 4 is 17.6 Å². The predicted octanol–water partition coefficient (Wildman–Crippen LogP) is 2.40. The van der Waals surface area contributed by atoms with E-state index in [-0.39, 0.29) is 11.4 Å². The average molecular weight is 281 g/mol. The molecule has 2 aromatic rings. The van der Waals surface area contributed by atoms with Crippen LogP contribution in [0.25, 0.3) is 0 Å². The summed E-state index contributed by atoms with van der Waals surface area (Å²) in [6.07, 6.45) is 1.72. The number of aromatic nitrogens is 2. The van der Waals surface area contributed by atoms with Gasteiger partial charge in [0.25, 0.3) is 0 Å². The number of nitrogens with zero attached hydrogens (tertiary/aromatic N) is 4. The van der Waals surface area contributed by atoms with Crippen molar-refractivity contribution < 1.29 is 0 Å². The van der Waals surface area contributed by atoms with Gasteiger partial charge in [-0.05, 0) is 24.6 Å². The molecule has 0 radical (unpaired) electrons. The monoisotopic (exact) mass is 281 g/mol. The molecule has 0 aromatic carbocycles. The lowest BCUT2D eigenvalue weighted by atomic mass is 10.1. The number of rotatable bonds is 3. The number of nitriles is 2. The molecule has 0 atom stereocenters. The minimum atomic E-state index is 0.160. The van der Waals surface area contributed by atoms with Gasteiger partial charge in [0.05, 0.1) is 16.8 Å². The molecule has 0 spiro atoms. The summed E-state index contributed by atoms with van der Waals surface area (Å²) in [4.78, 5) is 8.37. The van der Waals surface area contributed by atoms with Crippen LogP contribution in [0.15, 0.2) is 29.4 Å².